The van der Waals surface area contributed by atoms with Crippen molar-refractivity contribution in [2.45, 2.75) is 91.9 Å². The van der Waals surface area contributed by atoms with Gasteiger partial charge in [-0.2, -0.15) is 0 Å². The van der Waals surface area contributed by atoms with Crippen molar-refractivity contribution in [3.8, 4) is 0 Å². The van der Waals surface area contributed by atoms with E-state index in [0.717, 1.165) is 36.3 Å². The monoisotopic (exact) mass is 346 g/mol. The lowest BCUT2D eigenvalue weighted by Gasteiger charge is -2.26. The van der Waals surface area contributed by atoms with Crippen molar-refractivity contribution >= 4 is 5.97 Å². The molecular weight excluding hydrogens is 308 g/mol. The minimum atomic E-state index is -0.146. The van der Waals surface area contributed by atoms with Gasteiger partial charge >= 0.3 is 5.97 Å². The second kappa shape index (κ2) is 13.0. The van der Waals surface area contributed by atoms with E-state index in [9.17, 15) is 4.79 Å². The van der Waals surface area contributed by atoms with E-state index in [2.05, 4.69) is 32.9 Å². The molecule has 0 bridgehead atoms. The summed E-state index contributed by atoms with van der Waals surface area (Å²) in [5, 5.41) is 0. The predicted molar refractivity (Wildman–Crippen MR) is 108 cm³/mol. The number of carbonyl (C=O) groups is 1. The van der Waals surface area contributed by atoms with E-state index in [4.69, 9.17) is 4.74 Å². The van der Waals surface area contributed by atoms with E-state index >= 15 is 0 Å². The molecule has 0 spiro atoms. The Balaban J connectivity index is 0.000000970. The van der Waals surface area contributed by atoms with Crippen molar-refractivity contribution in [1.82, 2.24) is 0 Å². The van der Waals surface area contributed by atoms with Crippen LogP contribution in [0.15, 0.2) is 34.9 Å². The van der Waals surface area contributed by atoms with Crippen LogP contribution >= 0.6 is 0 Å². The number of hydrogen-bond donors (Lipinski definition) is 0. The van der Waals surface area contributed by atoms with Gasteiger partial charge in [-0.25, -0.2) is 4.79 Å². The number of esters is 1. The quantitative estimate of drug-likeness (QED) is 0.352. The Bertz CT molecular complexity index is 478. The Hall–Kier alpha value is -1.31. The maximum atomic E-state index is 12.3. The summed E-state index contributed by atoms with van der Waals surface area (Å²) in [6.07, 6.45) is 18.4. The zero-order chi connectivity index (χ0) is 18.5. The van der Waals surface area contributed by atoms with Crippen LogP contribution in [0.2, 0.25) is 0 Å². The topological polar surface area (TPSA) is 26.3 Å². The van der Waals surface area contributed by atoms with Crippen LogP contribution in [0, 0.1) is 5.92 Å². The van der Waals surface area contributed by atoms with E-state index in [1.807, 2.05) is 13.0 Å². The molecule has 142 valence electrons. The predicted octanol–water partition coefficient (Wildman–Crippen LogP) is 6.92. The molecule has 0 aromatic heterocycles. The average molecular weight is 347 g/mol. The first-order valence-electron chi connectivity index (χ1n) is 10.4. The van der Waals surface area contributed by atoms with Crippen LogP contribution in [-0.2, 0) is 9.53 Å². The maximum Gasteiger partial charge on any atom is 0.338 e. The minimum Gasteiger partial charge on any atom is -0.462 e. The van der Waals surface area contributed by atoms with Crippen LogP contribution < -0.4 is 0 Å². The van der Waals surface area contributed by atoms with Gasteiger partial charge in [-0.1, -0.05) is 77.0 Å². The molecule has 0 N–H and O–H groups in total. The Morgan fingerprint density at radius 3 is 2.36 bits per heavy atom. The van der Waals surface area contributed by atoms with Crippen LogP contribution in [-0.4, -0.2) is 12.6 Å². The Morgan fingerprint density at radius 1 is 1.08 bits per heavy atom. The molecule has 0 aliphatic heterocycles. The van der Waals surface area contributed by atoms with E-state index in [1.165, 1.54) is 50.5 Å². The highest BCUT2D eigenvalue weighted by atomic mass is 16.5. The molecule has 25 heavy (non-hydrogen) atoms. The lowest BCUT2D eigenvalue weighted by molar-refractivity contribution is -0.138. The molecule has 1 fully saturated rings. The zero-order valence-corrected chi connectivity index (χ0v) is 16.9. The molecule has 0 heterocycles. The third-order valence-corrected chi connectivity index (χ3v) is 4.82. The maximum absolute atomic E-state index is 12.3. The number of carbonyl (C=O) groups excluding carboxylic acids is 1. The first-order chi connectivity index (χ1) is 12.1. The molecular formula is C23H38O2. The summed E-state index contributed by atoms with van der Waals surface area (Å²) < 4.78 is 5.45. The molecule has 2 heteroatoms. The summed E-state index contributed by atoms with van der Waals surface area (Å²) >= 11 is 0. The highest BCUT2D eigenvalue weighted by molar-refractivity contribution is 5.92. The third kappa shape index (κ3) is 8.07. The lowest BCUT2D eigenvalue weighted by atomic mass is 9.79. The fraction of sp³-hybridized carbons (Fsp3) is 0.696. The van der Waals surface area contributed by atoms with Crippen molar-refractivity contribution in [2.24, 2.45) is 5.92 Å². The molecule has 0 atom stereocenters. The van der Waals surface area contributed by atoms with Crippen molar-refractivity contribution in [1.29, 1.82) is 0 Å². The molecule has 2 rings (SSSR count). The fourth-order valence-electron chi connectivity index (χ4n) is 3.01. The van der Waals surface area contributed by atoms with Gasteiger partial charge in [0.2, 0.25) is 0 Å². The lowest BCUT2D eigenvalue weighted by Crippen LogP contribution is -2.12. The standard InChI is InChI=1S/C20H30O2.C3H8/c1-3-4-5-6-7-15-22-20(21)19-14-13-18(12-11-16(19)2)17-9-8-10-17;1-3-2/h12-14,17H,3-11,15H2,1-2H3;3H2,1-2H3. The number of allylic oxidation sites excluding steroid dienone is 4. The van der Waals surface area contributed by atoms with Crippen LogP contribution in [0.5, 0.6) is 0 Å². The molecule has 0 amide bonds. The van der Waals surface area contributed by atoms with Crippen molar-refractivity contribution in [2.75, 3.05) is 6.61 Å². The molecule has 2 aliphatic rings. The number of rotatable bonds is 8. The van der Waals surface area contributed by atoms with Crippen molar-refractivity contribution < 1.29 is 9.53 Å². The molecule has 0 radical (unpaired) electrons. The number of ether oxygens (including phenoxy) is 1. The molecule has 0 aromatic carbocycles. The number of hydrogen-bond acceptors (Lipinski definition) is 2. The second-order valence-corrected chi connectivity index (χ2v) is 7.32. The highest BCUT2D eigenvalue weighted by Crippen LogP contribution is 2.35. The SMILES string of the molecule is CCC.CCCCCCCOC(=O)C1=C(C)CC=C(C2CCC2)C=C1. The van der Waals surface area contributed by atoms with Crippen LogP contribution in [0.3, 0.4) is 0 Å². The smallest absolute Gasteiger partial charge is 0.338 e. The van der Waals surface area contributed by atoms with Gasteiger partial charge in [0.15, 0.2) is 0 Å². The van der Waals surface area contributed by atoms with E-state index in [-0.39, 0.29) is 5.97 Å². The fourth-order valence-corrected chi connectivity index (χ4v) is 3.01. The molecule has 0 unspecified atom stereocenters. The summed E-state index contributed by atoms with van der Waals surface area (Å²) in [5.74, 6) is 0.575. The van der Waals surface area contributed by atoms with E-state index in [1.54, 1.807) is 0 Å². The van der Waals surface area contributed by atoms with Gasteiger partial charge in [0.05, 0.1) is 12.2 Å². The van der Waals surface area contributed by atoms with Gasteiger partial charge in [-0.3, -0.25) is 0 Å². The largest absolute Gasteiger partial charge is 0.462 e. The van der Waals surface area contributed by atoms with Crippen LogP contribution in [0.1, 0.15) is 91.9 Å². The first kappa shape index (κ1) is 21.7. The van der Waals surface area contributed by atoms with Crippen molar-refractivity contribution in [3.63, 3.8) is 0 Å². The Labute approximate surface area is 155 Å². The summed E-state index contributed by atoms with van der Waals surface area (Å²) in [4.78, 5) is 12.3. The van der Waals surface area contributed by atoms with Gasteiger partial charge in [-0.15, -0.1) is 0 Å². The van der Waals surface area contributed by atoms with E-state index < -0.39 is 0 Å². The second-order valence-electron chi connectivity index (χ2n) is 7.32. The number of unbranched alkanes of at least 4 members (excludes halogenated alkanes) is 4. The van der Waals surface area contributed by atoms with Gasteiger partial charge in [-0.05, 0) is 50.2 Å². The molecule has 1 saturated carbocycles. The summed E-state index contributed by atoms with van der Waals surface area (Å²) in [6.45, 7) is 9.05. The zero-order valence-electron chi connectivity index (χ0n) is 16.9. The van der Waals surface area contributed by atoms with Crippen LogP contribution in [0.4, 0.5) is 0 Å². The molecule has 0 aromatic rings. The summed E-state index contributed by atoms with van der Waals surface area (Å²) in [7, 11) is 0. The van der Waals surface area contributed by atoms with E-state index in [0.29, 0.717) is 6.61 Å². The van der Waals surface area contributed by atoms with Gasteiger partial charge in [0.1, 0.15) is 0 Å². The molecule has 2 aliphatic carbocycles. The van der Waals surface area contributed by atoms with Gasteiger partial charge in [0, 0.05) is 0 Å². The molecule has 2 nitrogen and oxygen atoms in total. The highest BCUT2D eigenvalue weighted by Gasteiger charge is 2.22. The molecule has 0 saturated heterocycles. The third-order valence-electron chi connectivity index (χ3n) is 4.82. The normalized spacial score (nSPS) is 17.2. The van der Waals surface area contributed by atoms with Gasteiger partial charge in [0.25, 0.3) is 0 Å². The summed E-state index contributed by atoms with van der Waals surface area (Å²) in [5.41, 5.74) is 3.30. The van der Waals surface area contributed by atoms with Crippen LogP contribution in [0.25, 0.3) is 0 Å². The summed E-state index contributed by atoms with van der Waals surface area (Å²) in [6, 6.07) is 0. The Kier molecular flexibility index (Phi) is 11.3. The van der Waals surface area contributed by atoms with Crippen molar-refractivity contribution in [3.05, 3.63) is 34.9 Å². The average Bonchev–Trinajstić information content (AvgIpc) is 2.72. The van der Waals surface area contributed by atoms with Gasteiger partial charge < -0.3 is 4.74 Å². The minimum absolute atomic E-state index is 0.146. The Morgan fingerprint density at radius 2 is 1.76 bits per heavy atom. The first-order valence-corrected chi connectivity index (χ1v) is 10.4.